The molecule has 0 spiro atoms. The lowest BCUT2D eigenvalue weighted by Crippen LogP contribution is -2.08. The van der Waals surface area contributed by atoms with E-state index in [9.17, 15) is 9.59 Å². The molecule has 0 aliphatic carbocycles. The van der Waals surface area contributed by atoms with E-state index in [1.165, 1.54) is 32.4 Å². The number of nitrogen functional groups attached to an aromatic ring is 1. The van der Waals surface area contributed by atoms with E-state index >= 15 is 0 Å². The standard InChI is InChI=1S/C23H21NO6/c1-27-22(25)16-11-12-18(17(24)13-16)30-20-10-6-9-19(21(20)23(26)28-2)29-14-15-7-4-3-5-8-15/h3-13H,14,24H2,1-2H3. The quantitative estimate of drug-likeness (QED) is 0.463. The number of carbonyl (C=O) groups excluding carboxylic acids is 2. The molecule has 0 fully saturated rings. The van der Waals surface area contributed by atoms with Crippen molar-refractivity contribution in [2.45, 2.75) is 6.61 Å². The van der Waals surface area contributed by atoms with Crippen LogP contribution in [0.3, 0.4) is 0 Å². The van der Waals surface area contributed by atoms with E-state index in [4.69, 9.17) is 19.9 Å². The van der Waals surface area contributed by atoms with Gasteiger partial charge in [-0.05, 0) is 35.9 Å². The van der Waals surface area contributed by atoms with E-state index in [-0.39, 0.29) is 34.9 Å². The largest absolute Gasteiger partial charge is 0.488 e. The van der Waals surface area contributed by atoms with E-state index < -0.39 is 11.9 Å². The fourth-order valence-electron chi connectivity index (χ4n) is 2.76. The summed E-state index contributed by atoms with van der Waals surface area (Å²) in [4.78, 5) is 24.1. The second-order valence-corrected chi connectivity index (χ2v) is 6.24. The first-order valence-electron chi connectivity index (χ1n) is 9.07. The number of methoxy groups -OCH3 is 2. The molecule has 0 heterocycles. The Kier molecular flexibility index (Phi) is 6.54. The van der Waals surface area contributed by atoms with Crippen LogP contribution in [0.15, 0.2) is 66.7 Å². The van der Waals surface area contributed by atoms with Crippen LogP contribution in [-0.2, 0) is 16.1 Å². The molecule has 2 N–H and O–H groups in total. The maximum absolute atomic E-state index is 12.4. The average molecular weight is 407 g/mol. The summed E-state index contributed by atoms with van der Waals surface area (Å²) in [6, 6.07) is 19.0. The summed E-state index contributed by atoms with van der Waals surface area (Å²) < 4.78 is 21.3. The minimum Gasteiger partial charge on any atom is -0.488 e. The third-order valence-electron chi connectivity index (χ3n) is 4.27. The van der Waals surface area contributed by atoms with Crippen molar-refractivity contribution in [3.05, 3.63) is 83.4 Å². The summed E-state index contributed by atoms with van der Waals surface area (Å²) in [7, 11) is 2.56. The molecule has 0 unspecified atom stereocenters. The average Bonchev–Trinajstić information content (AvgIpc) is 2.78. The van der Waals surface area contributed by atoms with Gasteiger partial charge in [-0.1, -0.05) is 36.4 Å². The van der Waals surface area contributed by atoms with E-state index in [1.54, 1.807) is 18.2 Å². The number of nitrogens with two attached hydrogens (primary N) is 1. The van der Waals surface area contributed by atoms with Crippen LogP contribution in [0.25, 0.3) is 0 Å². The van der Waals surface area contributed by atoms with Crippen LogP contribution < -0.4 is 15.2 Å². The zero-order valence-corrected chi connectivity index (χ0v) is 16.6. The molecular weight excluding hydrogens is 386 g/mol. The van der Waals surface area contributed by atoms with Gasteiger partial charge in [0, 0.05) is 0 Å². The minimum absolute atomic E-state index is 0.132. The van der Waals surface area contributed by atoms with Crippen molar-refractivity contribution in [3.63, 3.8) is 0 Å². The van der Waals surface area contributed by atoms with E-state index in [2.05, 4.69) is 4.74 Å². The molecule has 0 atom stereocenters. The third-order valence-corrected chi connectivity index (χ3v) is 4.27. The minimum atomic E-state index is -0.613. The van der Waals surface area contributed by atoms with Gasteiger partial charge in [-0.3, -0.25) is 0 Å². The Morgan fingerprint density at radius 3 is 2.17 bits per heavy atom. The molecule has 0 saturated carbocycles. The lowest BCUT2D eigenvalue weighted by Gasteiger charge is -2.16. The Morgan fingerprint density at radius 2 is 1.50 bits per heavy atom. The van der Waals surface area contributed by atoms with Crippen molar-refractivity contribution in [2.75, 3.05) is 20.0 Å². The van der Waals surface area contributed by atoms with Gasteiger partial charge in [0.1, 0.15) is 29.4 Å². The number of benzene rings is 3. The molecule has 0 radical (unpaired) electrons. The third kappa shape index (κ3) is 4.70. The summed E-state index contributed by atoms with van der Waals surface area (Å²) in [6.07, 6.45) is 0. The molecule has 0 aliphatic rings. The lowest BCUT2D eigenvalue weighted by molar-refractivity contribution is 0.0587. The molecule has 7 nitrogen and oxygen atoms in total. The molecule has 0 amide bonds. The van der Waals surface area contributed by atoms with Crippen LogP contribution in [0.5, 0.6) is 17.2 Å². The molecule has 3 rings (SSSR count). The second kappa shape index (κ2) is 9.47. The predicted molar refractivity (Wildman–Crippen MR) is 111 cm³/mol. The van der Waals surface area contributed by atoms with Gasteiger partial charge < -0.3 is 24.7 Å². The Labute approximate surface area is 173 Å². The zero-order chi connectivity index (χ0) is 21.5. The van der Waals surface area contributed by atoms with Crippen LogP contribution in [0, 0.1) is 0 Å². The lowest BCUT2D eigenvalue weighted by atomic mass is 10.1. The van der Waals surface area contributed by atoms with Crippen molar-refractivity contribution < 1.29 is 28.5 Å². The maximum atomic E-state index is 12.4. The molecule has 7 heteroatoms. The maximum Gasteiger partial charge on any atom is 0.345 e. The SMILES string of the molecule is COC(=O)c1ccc(Oc2cccc(OCc3ccccc3)c2C(=O)OC)c(N)c1. The number of hydrogen-bond donors (Lipinski definition) is 1. The normalized spacial score (nSPS) is 10.2. The molecule has 3 aromatic carbocycles. The van der Waals surface area contributed by atoms with Crippen LogP contribution in [0.1, 0.15) is 26.3 Å². The second-order valence-electron chi connectivity index (χ2n) is 6.24. The first-order valence-corrected chi connectivity index (χ1v) is 9.07. The summed E-state index contributed by atoms with van der Waals surface area (Å²) >= 11 is 0. The Balaban J connectivity index is 1.91. The molecular formula is C23H21NO6. The highest BCUT2D eigenvalue weighted by molar-refractivity contribution is 5.96. The number of rotatable bonds is 7. The van der Waals surface area contributed by atoms with E-state index in [0.29, 0.717) is 5.75 Å². The van der Waals surface area contributed by atoms with Crippen LogP contribution >= 0.6 is 0 Å². The van der Waals surface area contributed by atoms with Gasteiger partial charge in [-0.2, -0.15) is 0 Å². The van der Waals surface area contributed by atoms with Crippen LogP contribution in [0.4, 0.5) is 5.69 Å². The number of hydrogen-bond acceptors (Lipinski definition) is 7. The van der Waals surface area contributed by atoms with Gasteiger partial charge >= 0.3 is 11.9 Å². The van der Waals surface area contributed by atoms with Gasteiger partial charge in [0.15, 0.2) is 0 Å². The number of esters is 2. The molecule has 0 saturated heterocycles. The zero-order valence-electron chi connectivity index (χ0n) is 16.6. The van der Waals surface area contributed by atoms with Crippen LogP contribution in [0.2, 0.25) is 0 Å². The molecule has 154 valence electrons. The van der Waals surface area contributed by atoms with Crippen molar-refractivity contribution in [3.8, 4) is 17.2 Å². The summed E-state index contributed by atoms with van der Waals surface area (Å²) in [5, 5.41) is 0. The van der Waals surface area contributed by atoms with Gasteiger partial charge in [0.25, 0.3) is 0 Å². The fraction of sp³-hybridized carbons (Fsp3) is 0.130. The van der Waals surface area contributed by atoms with Gasteiger partial charge in [0.05, 0.1) is 25.5 Å². The van der Waals surface area contributed by atoms with E-state index in [1.807, 2.05) is 30.3 Å². The van der Waals surface area contributed by atoms with Gasteiger partial charge in [0.2, 0.25) is 0 Å². The highest BCUT2D eigenvalue weighted by Gasteiger charge is 2.21. The summed E-state index contributed by atoms with van der Waals surface area (Å²) in [5.74, 6) is -0.330. The number of ether oxygens (including phenoxy) is 4. The fourth-order valence-corrected chi connectivity index (χ4v) is 2.76. The molecule has 0 bridgehead atoms. The van der Waals surface area contributed by atoms with Crippen LogP contribution in [-0.4, -0.2) is 26.2 Å². The highest BCUT2D eigenvalue weighted by atomic mass is 16.5. The Hall–Kier alpha value is -4.00. The first-order chi connectivity index (χ1) is 14.5. The number of carbonyl (C=O) groups is 2. The van der Waals surface area contributed by atoms with E-state index in [0.717, 1.165) is 5.56 Å². The Bertz CT molecular complexity index is 1050. The smallest absolute Gasteiger partial charge is 0.345 e. The first kappa shape index (κ1) is 20.7. The molecule has 3 aromatic rings. The predicted octanol–water partition coefficient (Wildman–Crippen LogP) is 4.21. The summed E-state index contributed by atoms with van der Waals surface area (Å²) in [6.45, 7) is 0.268. The van der Waals surface area contributed by atoms with Crippen molar-refractivity contribution in [2.24, 2.45) is 0 Å². The monoisotopic (exact) mass is 407 g/mol. The highest BCUT2D eigenvalue weighted by Crippen LogP contribution is 2.35. The Morgan fingerprint density at radius 1 is 0.800 bits per heavy atom. The summed E-state index contributed by atoms with van der Waals surface area (Å²) in [5.41, 5.74) is 7.59. The van der Waals surface area contributed by atoms with Crippen molar-refractivity contribution in [1.82, 2.24) is 0 Å². The van der Waals surface area contributed by atoms with Gasteiger partial charge in [-0.15, -0.1) is 0 Å². The van der Waals surface area contributed by atoms with Gasteiger partial charge in [-0.25, -0.2) is 9.59 Å². The molecule has 0 aliphatic heterocycles. The number of anilines is 1. The van der Waals surface area contributed by atoms with Crippen molar-refractivity contribution >= 4 is 17.6 Å². The molecule has 30 heavy (non-hydrogen) atoms. The van der Waals surface area contributed by atoms with Crippen molar-refractivity contribution in [1.29, 1.82) is 0 Å². The topological polar surface area (TPSA) is 97.1 Å². The molecule has 0 aromatic heterocycles.